The molecule has 1 aliphatic rings. The summed E-state index contributed by atoms with van der Waals surface area (Å²) in [5, 5.41) is 11.0. The molecule has 3 aromatic rings. The summed E-state index contributed by atoms with van der Waals surface area (Å²) in [5.74, 6) is -0.741. The predicted octanol–water partition coefficient (Wildman–Crippen LogP) is 4.88. The molecule has 1 aromatic heterocycles. The number of likely N-dealkylation sites (tertiary alicyclic amines) is 1. The molecule has 0 spiro atoms. The molecular formula is C24H26N2O2. The lowest BCUT2D eigenvalue weighted by molar-refractivity contribution is -0.145. The molecule has 4 nitrogen and oxygen atoms in total. The number of para-hydroxylation sites is 1. The SMILES string of the molecule is Cc1cc(C)cc(C(c2ccc3ccccc3n2)N2CCCCC2C(=O)O)c1. The first-order chi connectivity index (χ1) is 13.5. The highest BCUT2D eigenvalue weighted by atomic mass is 16.4. The van der Waals surface area contributed by atoms with Crippen molar-refractivity contribution in [3.63, 3.8) is 0 Å². The topological polar surface area (TPSA) is 53.4 Å². The second kappa shape index (κ2) is 7.72. The quantitative estimate of drug-likeness (QED) is 0.707. The molecule has 1 N–H and O–H groups in total. The summed E-state index contributed by atoms with van der Waals surface area (Å²) in [6.45, 7) is 4.95. The van der Waals surface area contributed by atoms with Crippen LogP contribution in [0.4, 0.5) is 0 Å². The largest absolute Gasteiger partial charge is 0.480 e. The summed E-state index contributed by atoms with van der Waals surface area (Å²) < 4.78 is 0. The maximum atomic E-state index is 12.0. The van der Waals surface area contributed by atoms with Crippen LogP contribution >= 0.6 is 0 Å². The van der Waals surface area contributed by atoms with Gasteiger partial charge in [0.15, 0.2) is 0 Å². The van der Waals surface area contributed by atoms with Gasteiger partial charge in [0.05, 0.1) is 17.3 Å². The number of carboxylic acids is 1. The Morgan fingerprint density at radius 2 is 1.82 bits per heavy atom. The van der Waals surface area contributed by atoms with E-state index in [1.165, 1.54) is 11.1 Å². The van der Waals surface area contributed by atoms with Crippen molar-refractivity contribution in [3.8, 4) is 0 Å². The number of carboxylic acid groups (broad SMARTS) is 1. The molecule has 2 heterocycles. The van der Waals surface area contributed by atoms with Gasteiger partial charge in [-0.05, 0) is 50.9 Å². The van der Waals surface area contributed by atoms with Crippen LogP contribution in [0.15, 0.2) is 54.6 Å². The smallest absolute Gasteiger partial charge is 0.320 e. The first kappa shape index (κ1) is 18.6. The van der Waals surface area contributed by atoms with E-state index in [1.54, 1.807) is 0 Å². The second-order valence-electron chi connectivity index (χ2n) is 7.84. The van der Waals surface area contributed by atoms with E-state index >= 15 is 0 Å². The van der Waals surface area contributed by atoms with E-state index in [1.807, 2.05) is 18.2 Å². The van der Waals surface area contributed by atoms with Gasteiger partial charge >= 0.3 is 5.97 Å². The van der Waals surface area contributed by atoms with E-state index in [2.05, 4.69) is 55.1 Å². The molecule has 1 aliphatic heterocycles. The third kappa shape index (κ3) is 3.65. The van der Waals surface area contributed by atoms with Crippen molar-refractivity contribution in [3.05, 3.63) is 77.0 Å². The molecule has 4 heteroatoms. The van der Waals surface area contributed by atoms with Crippen molar-refractivity contribution >= 4 is 16.9 Å². The van der Waals surface area contributed by atoms with E-state index in [0.29, 0.717) is 6.42 Å². The van der Waals surface area contributed by atoms with Gasteiger partial charge in [-0.1, -0.05) is 60.0 Å². The van der Waals surface area contributed by atoms with Gasteiger partial charge in [-0.25, -0.2) is 0 Å². The number of piperidine rings is 1. The monoisotopic (exact) mass is 374 g/mol. The fourth-order valence-electron chi connectivity index (χ4n) is 4.46. The van der Waals surface area contributed by atoms with Crippen LogP contribution in [-0.4, -0.2) is 33.5 Å². The molecule has 1 saturated heterocycles. The molecule has 0 bridgehead atoms. The first-order valence-corrected chi connectivity index (χ1v) is 9.95. The number of carbonyl (C=O) groups is 1. The van der Waals surface area contributed by atoms with Crippen LogP contribution in [0.1, 0.15) is 47.7 Å². The Labute approximate surface area is 165 Å². The van der Waals surface area contributed by atoms with Gasteiger partial charge in [0, 0.05) is 5.39 Å². The average Bonchev–Trinajstić information content (AvgIpc) is 2.68. The zero-order chi connectivity index (χ0) is 19.7. The van der Waals surface area contributed by atoms with Crippen molar-refractivity contribution < 1.29 is 9.90 Å². The molecule has 2 unspecified atom stereocenters. The lowest BCUT2D eigenvalue weighted by Crippen LogP contribution is -2.47. The first-order valence-electron chi connectivity index (χ1n) is 9.95. The summed E-state index contributed by atoms with van der Waals surface area (Å²) in [5.41, 5.74) is 5.35. The molecule has 0 aliphatic carbocycles. The standard InChI is InChI=1S/C24H26N2O2/c1-16-13-17(2)15-19(14-16)23(26-12-6-5-9-22(26)24(27)28)21-11-10-18-7-3-4-8-20(18)25-21/h3-4,7-8,10-11,13-15,22-23H,5-6,9,12H2,1-2H3,(H,27,28). The molecule has 2 aromatic carbocycles. The summed E-state index contributed by atoms with van der Waals surface area (Å²) in [6, 6.07) is 18.1. The number of hydrogen-bond acceptors (Lipinski definition) is 3. The van der Waals surface area contributed by atoms with Crippen LogP contribution in [0.2, 0.25) is 0 Å². The molecule has 1 fully saturated rings. The summed E-state index contributed by atoms with van der Waals surface area (Å²) in [4.78, 5) is 19.1. The van der Waals surface area contributed by atoms with Crippen LogP contribution in [0.25, 0.3) is 10.9 Å². The van der Waals surface area contributed by atoms with Gasteiger partial charge in [-0.15, -0.1) is 0 Å². The average molecular weight is 374 g/mol. The highest BCUT2D eigenvalue weighted by Crippen LogP contribution is 2.35. The lowest BCUT2D eigenvalue weighted by atomic mass is 9.92. The van der Waals surface area contributed by atoms with E-state index < -0.39 is 12.0 Å². The van der Waals surface area contributed by atoms with Crippen molar-refractivity contribution in [1.82, 2.24) is 9.88 Å². The zero-order valence-electron chi connectivity index (χ0n) is 16.4. The number of hydrogen-bond donors (Lipinski definition) is 1. The predicted molar refractivity (Wildman–Crippen MR) is 111 cm³/mol. The summed E-state index contributed by atoms with van der Waals surface area (Å²) in [7, 11) is 0. The molecule has 0 amide bonds. The highest BCUT2D eigenvalue weighted by molar-refractivity contribution is 5.78. The van der Waals surface area contributed by atoms with Crippen molar-refractivity contribution in [2.24, 2.45) is 0 Å². The number of benzene rings is 2. The van der Waals surface area contributed by atoms with Crippen LogP contribution in [0.5, 0.6) is 0 Å². The number of pyridine rings is 1. The van der Waals surface area contributed by atoms with Crippen LogP contribution in [0.3, 0.4) is 0 Å². The Kier molecular flexibility index (Phi) is 5.14. The number of aliphatic carboxylic acids is 1. The Bertz CT molecular complexity index is 994. The van der Waals surface area contributed by atoms with Crippen LogP contribution in [0, 0.1) is 13.8 Å². The summed E-state index contributed by atoms with van der Waals surface area (Å²) in [6.07, 6.45) is 2.65. The Balaban J connectivity index is 1.87. The molecular weight excluding hydrogens is 348 g/mol. The number of fused-ring (bicyclic) bond motifs is 1. The zero-order valence-corrected chi connectivity index (χ0v) is 16.4. The van der Waals surface area contributed by atoms with Gasteiger partial charge < -0.3 is 5.11 Å². The number of rotatable bonds is 4. The molecule has 0 radical (unpaired) electrons. The van der Waals surface area contributed by atoms with Gasteiger partial charge in [0.2, 0.25) is 0 Å². The molecule has 144 valence electrons. The molecule has 2 atom stereocenters. The van der Waals surface area contributed by atoms with E-state index in [0.717, 1.165) is 41.5 Å². The Morgan fingerprint density at radius 1 is 1.07 bits per heavy atom. The minimum atomic E-state index is -0.741. The third-order valence-electron chi connectivity index (χ3n) is 5.62. The molecule has 0 saturated carbocycles. The van der Waals surface area contributed by atoms with E-state index in [4.69, 9.17) is 4.98 Å². The van der Waals surface area contributed by atoms with E-state index in [-0.39, 0.29) is 6.04 Å². The van der Waals surface area contributed by atoms with Gasteiger partial charge in [0.1, 0.15) is 6.04 Å². The minimum Gasteiger partial charge on any atom is -0.480 e. The highest BCUT2D eigenvalue weighted by Gasteiger charge is 2.35. The normalized spacial score (nSPS) is 18.9. The van der Waals surface area contributed by atoms with Crippen molar-refractivity contribution in [2.45, 2.75) is 45.2 Å². The number of aromatic nitrogens is 1. The third-order valence-corrected chi connectivity index (χ3v) is 5.62. The second-order valence-corrected chi connectivity index (χ2v) is 7.84. The maximum absolute atomic E-state index is 12.0. The number of aryl methyl sites for hydroxylation is 2. The molecule has 4 rings (SSSR count). The minimum absolute atomic E-state index is 0.162. The number of nitrogens with zero attached hydrogens (tertiary/aromatic N) is 2. The van der Waals surface area contributed by atoms with E-state index in [9.17, 15) is 9.90 Å². The Hall–Kier alpha value is -2.72. The van der Waals surface area contributed by atoms with Gasteiger partial charge in [0.25, 0.3) is 0 Å². The van der Waals surface area contributed by atoms with Crippen molar-refractivity contribution in [1.29, 1.82) is 0 Å². The van der Waals surface area contributed by atoms with Crippen molar-refractivity contribution in [2.75, 3.05) is 6.54 Å². The van der Waals surface area contributed by atoms with Gasteiger partial charge in [-0.2, -0.15) is 0 Å². The Morgan fingerprint density at radius 3 is 2.57 bits per heavy atom. The van der Waals surface area contributed by atoms with Crippen LogP contribution < -0.4 is 0 Å². The lowest BCUT2D eigenvalue weighted by Gasteiger charge is -2.39. The molecule has 28 heavy (non-hydrogen) atoms. The van der Waals surface area contributed by atoms with Crippen LogP contribution in [-0.2, 0) is 4.79 Å². The fourth-order valence-corrected chi connectivity index (χ4v) is 4.46. The maximum Gasteiger partial charge on any atom is 0.320 e. The summed E-state index contributed by atoms with van der Waals surface area (Å²) >= 11 is 0. The van der Waals surface area contributed by atoms with Gasteiger partial charge in [-0.3, -0.25) is 14.7 Å². The fraction of sp³-hybridized carbons (Fsp3) is 0.333.